The molecule has 1 aliphatic heterocycles. The molecule has 5 nitrogen and oxygen atoms in total. The molecular weight excluding hydrogens is 540 g/mol. The van der Waals surface area contributed by atoms with E-state index >= 15 is 0 Å². The number of hydrogen-bond acceptors (Lipinski definition) is 4. The fourth-order valence-electron chi connectivity index (χ4n) is 3.95. The van der Waals surface area contributed by atoms with E-state index in [4.69, 9.17) is 62.7 Å². The van der Waals surface area contributed by atoms with Crippen LogP contribution in [0.3, 0.4) is 0 Å². The maximum atomic E-state index is 12.7. The van der Waals surface area contributed by atoms with Crippen LogP contribution in [0.5, 0.6) is 0 Å². The van der Waals surface area contributed by atoms with E-state index in [2.05, 4.69) is 22.3 Å². The molecule has 0 aromatic heterocycles. The number of nitrogens with zero attached hydrogens (tertiary/aromatic N) is 1. The van der Waals surface area contributed by atoms with Crippen molar-refractivity contribution >= 4 is 76.3 Å². The highest BCUT2D eigenvalue weighted by atomic mass is 35.5. The summed E-state index contributed by atoms with van der Waals surface area (Å²) in [6.07, 6.45) is 4.37. The van der Waals surface area contributed by atoms with E-state index in [-0.39, 0.29) is 30.1 Å². The Kier molecular flexibility index (Phi) is 7.53. The summed E-state index contributed by atoms with van der Waals surface area (Å²) in [5.74, 6) is -0.629. The van der Waals surface area contributed by atoms with Gasteiger partial charge in [0.2, 0.25) is 0 Å². The van der Waals surface area contributed by atoms with E-state index < -0.39 is 4.33 Å². The minimum Gasteiger partial charge on any atom is -0.358 e. The first kappa shape index (κ1) is 25.4. The average molecular weight is 560 g/mol. The van der Waals surface area contributed by atoms with Crippen LogP contribution < -0.4 is 10.6 Å². The molecule has 1 aliphatic carbocycles. The maximum absolute atomic E-state index is 12.7. The van der Waals surface area contributed by atoms with Crippen molar-refractivity contribution < 1.29 is 9.53 Å². The molecule has 1 saturated heterocycles. The standard InChI is InChI=1S/C24H20Cl5N3O2/c1-12(4-3-7-30-2)31-22(33)17-11-16(5-6-18(17)27)32-23-21(34-23)20-19(24(20,28)29)13-8-14(25)10-15(26)9-13/h3-11,19-21,23,32H,2H2,1H3,(H,31,33)/b7-3-,12-4+. The van der Waals surface area contributed by atoms with Crippen LogP contribution in [-0.4, -0.2) is 29.3 Å². The smallest absolute Gasteiger partial charge is 0.256 e. The van der Waals surface area contributed by atoms with Crippen molar-refractivity contribution in [2.45, 2.75) is 29.5 Å². The van der Waals surface area contributed by atoms with Crippen molar-refractivity contribution in [3.05, 3.63) is 86.6 Å². The van der Waals surface area contributed by atoms with E-state index in [1.54, 1.807) is 43.3 Å². The number of anilines is 1. The molecule has 4 rings (SSSR count). The monoisotopic (exact) mass is 557 g/mol. The molecule has 2 fully saturated rings. The second-order valence-corrected chi connectivity index (χ2v) is 10.8. The number of carbonyl (C=O) groups is 1. The number of nitrogens with one attached hydrogen (secondary N) is 2. The number of epoxide rings is 1. The highest BCUT2D eigenvalue weighted by Crippen LogP contribution is 2.69. The van der Waals surface area contributed by atoms with Gasteiger partial charge in [-0.2, -0.15) is 0 Å². The third kappa shape index (κ3) is 5.56. The van der Waals surface area contributed by atoms with Crippen LogP contribution in [0, 0.1) is 5.92 Å². The quantitative estimate of drug-likeness (QED) is 0.155. The van der Waals surface area contributed by atoms with Gasteiger partial charge in [-0.3, -0.25) is 9.79 Å². The van der Waals surface area contributed by atoms with Gasteiger partial charge in [0.05, 0.1) is 10.6 Å². The lowest BCUT2D eigenvalue weighted by Crippen LogP contribution is -2.22. The molecular formula is C24H20Cl5N3O2. The number of amides is 1. The summed E-state index contributed by atoms with van der Waals surface area (Å²) in [7, 11) is 0. The van der Waals surface area contributed by atoms with Gasteiger partial charge < -0.3 is 15.4 Å². The molecule has 0 bridgehead atoms. The second-order valence-electron chi connectivity index (χ2n) is 8.07. The molecule has 4 unspecified atom stereocenters. The normalized spacial score (nSPS) is 25.2. The van der Waals surface area contributed by atoms with E-state index in [0.29, 0.717) is 32.0 Å². The van der Waals surface area contributed by atoms with Gasteiger partial charge in [0.25, 0.3) is 5.91 Å². The molecule has 1 amide bonds. The van der Waals surface area contributed by atoms with Crippen molar-refractivity contribution in [3.8, 4) is 0 Å². The summed E-state index contributed by atoms with van der Waals surface area (Å²) < 4.78 is 4.85. The fraction of sp³-hybridized carbons (Fsp3) is 0.250. The largest absolute Gasteiger partial charge is 0.358 e. The fourth-order valence-corrected chi connectivity index (χ4v) is 5.59. The Labute approximate surface area is 222 Å². The zero-order valence-corrected chi connectivity index (χ0v) is 21.6. The Morgan fingerprint density at radius 1 is 1.15 bits per heavy atom. The molecule has 2 N–H and O–H groups in total. The molecule has 1 heterocycles. The molecule has 1 saturated carbocycles. The van der Waals surface area contributed by atoms with Gasteiger partial charge in [-0.25, -0.2) is 0 Å². The Bertz CT molecular complexity index is 1180. The van der Waals surface area contributed by atoms with Gasteiger partial charge in [0.1, 0.15) is 10.4 Å². The van der Waals surface area contributed by atoms with Crippen LogP contribution in [-0.2, 0) is 4.74 Å². The summed E-state index contributed by atoms with van der Waals surface area (Å²) in [6, 6.07) is 10.4. The Morgan fingerprint density at radius 2 is 1.85 bits per heavy atom. The molecule has 2 aromatic carbocycles. The zero-order chi connectivity index (χ0) is 24.6. The molecule has 0 spiro atoms. The van der Waals surface area contributed by atoms with Crippen molar-refractivity contribution in [2.24, 2.45) is 10.9 Å². The molecule has 2 aliphatic rings. The predicted molar refractivity (Wildman–Crippen MR) is 141 cm³/mol. The SMILES string of the molecule is C=N/C=C\C=C(/C)NC(=O)c1cc(NC2OC2C2C(c3cc(Cl)cc(Cl)c3)C2(Cl)Cl)ccc1Cl. The highest BCUT2D eigenvalue weighted by Gasteiger charge is 2.72. The van der Waals surface area contributed by atoms with Crippen LogP contribution in [0.4, 0.5) is 5.69 Å². The van der Waals surface area contributed by atoms with Crippen molar-refractivity contribution in [1.29, 1.82) is 0 Å². The summed E-state index contributed by atoms with van der Waals surface area (Å²) in [5.41, 5.74) is 2.50. The van der Waals surface area contributed by atoms with Gasteiger partial charge in [-0.1, -0.05) is 34.8 Å². The number of alkyl halides is 2. The Morgan fingerprint density at radius 3 is 2.53 bits per heavy atom. The lowest BCUT2D eigenvalue weighted by Gasteiger charge is -2.10. The number of aliphatic imine (C=N–C) groups is 1. The van der Waals surface area contributed by atoms with E-state index in [0.717, 1.165) is 5.56 Å². The third-order valence-corrected chi connectivity index (χ3v) is 7.34. The van der Waals surface area contributed by atoms with Crippen molar-refractivity contribution in [2.75, 3.05) is 5.32 Å². The summed E-state index contributed by atoms with van der Waals surface area (Å²) in [5, 5.41) is 7.42. The number of carbonyl (C=O) groups excluding carboxylic acids is 1. The third-order valence-electron chi connectivity index (χ3n) is 5.60. The van der Waals surface area contributed by atoms with Crippen LogP contribution in [0.25, 0.3) is 0 Å². The molecule has 178 valence electrons. The van der Waals surface area contributed by atoms with Gasteiger partial charge in [0.15, 0.2) is 6.23 Å². The van der Waals surface area contributed by atoms with Gasteiger partial charge in [-0.05, 0) is 67.8 Å². The van der Waals surface area contributed by atoms with E-state index in [1.807, 2.05) is 12.1 Å². The van der Waals surface area contributed by atoms with Crippen LogP contribution in [0.1, 0.15) is 28.8 Å². The van der Waals surface area contributed by atoms with E-state index in [9.17, 15) is 4.79 Å². The Balaban J connectivity index is 1.42. The van der Waals surface area contributed by atoms with E-state index in [1.165, 1.54) is 6.20 Å². The number of ether oxygens (including phenoxy) is 1. The Hall–Kier alpha value is -1.73. The topological polar surface area (TPSA) is 66.0 Å². The summed E-state index contributed by atoms with van der Waals surface area (Å²) >= 11 is 31.7. The number of allylic oxidation sites excluding steroid dienone is 3. The van der Waals surface area contributed by atoms with Gasteiger partial charge in [-0.15, -0.1) is 23.2 Å². The van der Waals surface area contributed by atoms with Crippen LogP contribution in [0.2, 0.25) is 15.1 Å². The summed E-state index contributed by atoms with van der Waals surface area (Å²) in [4.78, 5) is 16.3. The number of rotatable bonds is 8. The first-order valence-corrected chi connectivity index (χ1v) is 12.2. The van der Waals surface area contributed by atoms with Gasteiger partial charge in [0, 0.05) is 39.5 Å². The minimum atomic E-state index is -0.987. The molecule has 0 radical (unpaired) electrons. The molecule has 10 heteroatoms. The first-order valence-electron chi connectivity index (χ1n) is 10.3. The van der Waals surface area contributed by atoms with Gasteiger partial charge >= 0.3 is 0 Å². The zero-order valence-electron chi connectivity index (χ0n) is 17.9. The second kappa shape index (κ2) is 10.1. The predicted octanol–water partition coefficient (Wildman–Crippen LogP) is 7.22. The summed E-state index contributed by atoms with van der Waals surface area (Å²) in [6.45, 7) is 5.11. The van der Waals surface area contributed by atoms with Crippen LogP contribution >= 0.6 is 58.0 Å². The van der Waals surface area contributed by atoms with Crippen LogP contribution in [0.15, 0.2) is 65.4 Å². The average Bonchev–Trinajstić information content (AvgIpc) is 3.62. The molecule has 2 aromatic rings. The molecule has 34 heavy (non-hydrogen) atoms. The highest BCUT2D eigenvalue weighted by molar-refractivity contribution is 6.52. The lowest BCUT2D eigenvalue weighted by atomic mass is 10.1. The number of benzene rings is 2. The van der Waals surface area contributed by atoms with Crippen molar-refractivity contribution in [3.63, 3.8) is 0 Å². The maximum Gasteiger partial charge on any atom is 0.256 e. The molecule has 4 atom stereocenters. The number of hydrogen-bond donors (Lipinski definition) is 2. The first-order chi connectivity index (χ1) is 16.1. The number of halogens is 5. The lowest BCUT2D eigenvalue weighted by molar-refractivity contribution is 0.0966. The van der Waals surface area contributed by atoms with Crippen molar-refractivity contribution in [1.82, 2.24) is 5.32 Å². The minimum absolute atomic E-state index is 0.135.